The summed E-state index contributed by atoms with van der Waals surface area (Å²) in [4.78, 5) is 16.0. The Morgan fingerprint density at radius 3 is 2.65 bits per heavy atom. The normalized spacial score (nSPS) is 10.2. The maximum atomic E-state index is 11.5. The van der Waals surface area contributed by atoms with Crippen LogP contribution in [0, 0.1) is 6.92 Å². The van der Waals surface area contributed by atoms with Crippen LogP contribution in [0.4, 0.5) is 11.4 Å². The van der Waals surface area contributed by atoms with Crippen molar-refractivity contribution in [2.75, 3.05) is 5.32 Å². The molecule has 1 aromatic heterocycles. The second kappa shape index (κ2) is 6.99. The minimum atomic E-state index is 0. The molecule has 0 bridgehead atoms. The Hall–Kier alpha value is -2.10. The monoisotopic (exact) mass is 346 g/mol. The fourth-order valence-corrected chi connectivity index (χ4v) is 2.58. The number of aromatic nitrogens is 1. The molecule has 0 saturated carbocycles. The number of nitrogens with zero attached hydrogens (tertiary/aromatic N) is 1. The van der Waals surface area contributed by atoms with Crippen molar-refractivity contribution in [3.63, 3.8) is 0 Å². The third-order valence-corrected chi connectivity index (χ3v) is 3.68. The lowest BCUT2D eigenvalue weighted by Gasteiger charge is -2.12. The summed E-state index contributed by atoms with van der Waals surface area (Å²) in [7, 11) is 0. The molecule has 0 aliphatic heterocycles. The lowest BCUT2D eigenvalue weighted by molar-refractivity contribution is 0.101. The number of pyridine rings is 1. The number of anilines is 2. The van der Waals surface area contributed by atoms with E-state index in [0.29, 0.717) is 10.6 Å². The average molecular weight is 347 g/mol. The predicted molar refractivity (Wildman–Crippen MR) is 98.5 cm³/mol. The van der Waals surface area contributed by atoms with Gasteiger partial charge >= 0.3 is 0 Å². The fraction of sp³-hybridized carbons (Fsp3) is 0.111. The van der Waals surface area contributed by atoms with E-state index >= 15 is 0 Å². The number of carbonyl (C=O) groups is 1. The second-order valence-corrected chi connectivity index (χ2v) is 5.67. The summed E-state index contributed by atoms with van der Waals surface area (Å²) >= 11 is 6.10. The Bertz CT molecular complexity index is 878. The van der Waals surface area contributed by atoms with E-state index in [1.54, 1.807) is 13.0 Å². The highest BCUT2D eigenvalue weighted by atomic mass is 35.5. The summed E-state index contributed by atoms with van der Waals surface area (Å²) in [6.45, 7) is 3.51. The molecule has 1 heterocycles. The lowest BCUT2D eigenvalue weighted by atomic mass is 10.1. The van der Waals surface area contributed by atoms with Gasteiger partial charge in [-0.05, 0) is 50.2 Å². The molecule has 0 fully saturated rings. The van der Waals surface area contributed by atoms with E-state index in [0.717, 1.165) is 28.0 Å². The van der Waals surface area contributed by atoms with Crippen LogP contribution in [0.1, 0.15) is 23.0 Å². The summed E-state index contributed by atoms with van der Waals surface area (Å²) in [5, 5.41) is 4.98. The number of fused-ring (bicyclic) bond motifs is 1. The third-order valence-electron chi connectivity index (χ3n) is 3.45. The summed E-state index contributed by atoms with van der Waals surface area (Å²) in [5.41, 5.74) is 4.26. The zero-order valence-corrected chi connectivity index (χ0v) is 14.3. The van der Waals surface area contributed by atoms with Crippen LogP contribution in [0.25, 0.3) is 10.9 Å². The molecule has 3 aromatic rings. The first kappa shape index (κ1) is 17.3. The maximum absolute atomic E-state index is 11.5. The van der Waals surface area contributed by atoms with Crippen LogP contribution in [0.3, 0.4) is 0 Å². The molecule has 0 aliphatic carbocycles. The van der Waals surface area contributed by atoms with Crippen molar-refractivity contribution in [3.8, 4) is 0 Å². The average Bonchev–Trinajstić information content (AvgIpc) is 2.48. The van der Waals surface area contributed by atoms with Crippen molar-refractivity contribution >= 4 is 52.1 Å². The number of nitrogens with one attached hydrogen (secondary N) is 1. The largest absolute Gasteiger partial charge is 0.355 e. The number of benzene rings is 2. The van der Waals surface area contributed by atoms with Crippen LogP contribution < -0.4 is 5.32 Å². The Morgan fingerprint density at radius 2 is 1.91 bits per heavy atom. The van der Waals surface area contributed by atoms with Gasteiger partial charge in [0.25, 0.3) is 0 Å². The van der Waals surface area contributed by atoms with Crippen LogP contribution in [-0.2, 0) is 0 Å². The van der Waals surface area contributed by atoms with Gasteiger partial charge in [0.05, 0.1) is 5.52 Å². The Balaban J connectivity index is 0.00000192. The van der Waals surface area contributed by atoms with Gasteiger partial charge in [0.15, 0.2) is 5.78 Å². The first-order valence-corrected chi connectivity index (χ1v) is 7.36. The molecule has 3 nitrogen and oxygen atoms in total. The first-order valence-electron chi connectivity index (χ1n) is 6.98. The molecular weight excluding hydrogens is 331 g/mol. The van der Waals surface area contributed by atoms with Crippen LogP contribution >= 0.6 is 24.0 Å². The van der Waals surface area contributed by atoms with Crippen molar-refractivity contribution < 1.29 is 4.79 Å². The highest BCUT2D eigenvalue weighted by molar-refractivity contribution is 6.31. The number of carbonyl (C=O) groups excluding carboxylic acids is 1. The number of Topliss-reactive ketones (excluding diaryl/α,β-unsaturated/α-hetero) is 1. The molecule has 0 amide bonds. The van der Waals surface area contributed by atoms with Gasteiger partial charge < -0.3 is 5.32 Å². The lowest BCUT2D eigenvalue weighted by Crippen LogP contribution is -1.97. The van der Waals surface area contributed by atoms with Crippen molar-refractivity contribution in [1.82, 2.24) is 4.98 Å². The molecule has 0 saturated heterocycles. The van der Waals surface area contributed by atoms with E-state index < -0.39 is 0 Å². The highest BCUT2D eigenvalue weighted by Gasteiger charge is 2.07. The van der Waals surface area contributed by atoms with Gasteiger partial charge in [0.2, 0.25) is 0 Å². The van der Waals surface area contributed by atoms with E-state index in [1.165, 1.54) is 0 Å². The number of aryl methyl sites for hydroxylation is 1. The van der Waals surface area contributed by atoms with Gasteiger partial charge in [0, 0.05) is 33.0 Å². The Morgan fingerprint density at radius 1 is 1.13 bits per heavy atom. The molecule has 23 heavy (non-hydrogen) atoms. The standard InChI is InChI=1S/C18H15ClN2O.ClH/c1-11-8-18(16-10-14(19)6-7-17(16)20-11)21-15-5-3-4-13(9-15)12(2)22;/h3-10H,1-2H3,(H,20,21);1H. The van der Waals surface area contributed by atoms with Gasteiger partial charge in [-0.3, -0.25) is 9.78 Å². The topological polar surface area (TPSA) is 42.0 Å². The summed E-state index contributed by atoms with van der Waals surface area (Å²) < 4.78 is 0. The van der Waals surface area contributed by atoms with E-state index in [-0.39, 0.29) is 18.2 Å². The fourth-order valence-electron chi connectivity index (χ4n) is 2.41. The van der Waals surface area contributed by atoms with Crippen molar-refractivity contribution in [1.29, 1.82) is 0 Å². The van der Waals surface area contributed by atoms with Gasteiger partial charge in [-0.1, -0.05) is 23.7 Å². The molecule has 5 heteroatoms. The van der Waals surface area contributed by atoms with E-state index in [9.17, 15) is 4.79 Å². The summed E-state index contributed by atoms with van der Waals surface area (Å²) in [6, 6.07) is 15.0. The molecule has 0 atom stereocenters. The SMILES string of the molecule is CC(=O)c1cccc(Nc2cc(C)nc3ccc(Cl)cc23)c1.Cl. The minimum Gasteiger partial charge on any atom is -0.355 e. The zero-order valence-electron chi connectivity index (χ0n) is 12.8. The van der Waals surface area contributed by atoms with Crippen LogP contribution in [0.5, 0.6) is 0 Å². The van der Waals surface area contributed by atoms with E-state index in [4.69, 9.17) is 11.6 Å². The van der Waals surface area contributed by atoms with Gasteiger partial charge in [-0.25, -0.2) is 0 Å². The number of hydrogen-bond donors (Lipinski definition) is 1. The maximum Gasteiger partial charge on any atom is 0.159 e. The van der Waals surface area contributed by atoms with Gasteiger partial charge in [0.1, 0.15) is 0 Å². The smallest absolute Gasteiger partial charge is 0.159 e. The quantitative estimate of drug-likeness (QED) is 0.630. The Labute approximate surface area is 146 Å². The molecule has 0 unspecified atom stereocenters. The molecule has 2 aromatic carbocycles. The number of halogens is 2. The summed E-state index contributed by atoms with van der Waals surface area (Å²) in [6.07, 6.45) is 0. The number of ketones is 1. The van der Waals surface area contributed by atoms with Crippen LogP contribution in [0.15, 0.2) is 48.5 Å². The highest BCUT2D eigenvalue weighted by Crippen LogP contribution is 2.29. The van der Waals surface area contributed by atoms with Crippen molar-refractivity contribution in [2.24, 2.45) is 0 Å². The molecule has 0 radical (unpaired) electrons. The van der Waals surface area contributed by atoms with Crippen LogP contribution in [-0.4, -0.2) is 10.8 Å². The van der Waals surface area contributed by atoms with Crippen molar-refractivity contribution in [3.05, 3.63) is 64.8 Å². The molecule has 1 N–H and O–H groups in total. The molecular formula is C18H16Cl2N2O. The molecule has 3 rings (SSSR count). The van der Waals surface area contributed by atoms with E-state index in [2.05, 4.69) is 10.3 Å². The predicted octanol–water partition coefficient (Wildman–Crippen LogP) is 5.56. The van der Waals surface area contributed by atoms with E-state index in [1.807, 2.05) is 49.4 Å². The summed E-state index contributed by atoms with van der Waals surface area (Å²) in [5.74, 6) is 0.0439. The third kappa shape index (κ3) is 3.81. The second-order valence-electron chi connectivity index (χ2n) is 5.23. The number of rotatable bonds is 3. The van der Waals surface area contributed by atoms with Crippen molar-refractivity contribution in [2.45, 2.75) is 13.8 Å². The van der Waals surface area contributed by atoms with Gasteiger partial charge in [-0.15, -0.1) is 12.4 Å². The molecule has 0 aliphatic rings. The Kier molecular flexibility index (Phi) is 5.24. The minimum absolute atomic E-state index is 0. The molecule has 0 spiro atoms. The molecule has 118 valence electrons. The number of hydrogen-bond acceptors (Lipinski definition) is 3. The van der Waals surface area contributed by atoms with Gasteiger partial charge in [-0.2, -0.15) is 0 Å². The first-order chi connectivity index (χ1) is 10.5. The van der Waals surface area contributed by atoms with Crippen LogP contribution in [0.2, 0.25) is 5.02 Å². The zero-order chi connectivity index (χ0) is 15.7.